The maximum Gasteiger partial charge on any atom is 0.225 e. The van der Waals surface area contributed by atoms with Gasteiger partial charge in [-0.1, -0.05) is 221 Å². The molecule has 0 aliphatic heterocycles. The van der Waals surface area contributed by atoms with E-state index in [1.165, 1.54) is 29.3 Å². The van der Waals surface area contributed by atoms with Crippen LogP contribution in [0.25, 0.3) is 0 Å². The van der Waals surface area contributed by atoms with Gasteiger partial charge in [0.25, 0.3) is 0 Å². The van der Waals surface area contributed by atoms with Crippen molar-refractivity contribution in [3.63, 3.8) is 0 Å². The van der Waals surface area contributed by atoms with Crippen LogP contribution >= 0.6 is 31.9 Å². The van der Waals surface area contributed by atoms with Gasteiger partial charge in [0, 0.05) is 74.3 Å². The van der Waals surface area contributed by atoms with Crippen molar-refractivity contribution in [3.8, 4) is 0 Å². The van der Waals surface area contributed by atoms with Crippen LogP contribution in [0.2, 0.25) is 0 Å². The third-order valence-corrected chi connectivity index (χ3v) is 15.9. The minimum atomic E-state index is -0.398. The Labute approximate surface area is 495 Å². The van der Waals surface area contributed by atoms with Gasteiger partial charge in [-0.25, -0.2) is 8.78 Å². The van der Waals surface area contributed by atoms with Gasteiger partial charge in [-0.3, -0.25) is 24.0 Å². The van der Waals surface area contributed by atoms with Gasteiger partial charge in [-0.2, -0.15) is 0 Å². The molecule has 0 saturated heterocycles. The van der Waals surface area contributed by atoms with Gasteiger partial charge >= 0.3 is 0 Å². The summed E-state index contributed by atoms with van der Waals surface area (Å²) in [5.74, 6) is -0.268. The van der Waals surface area contributed by atoms with E-state index in [2.05, 4.69) is 77.5 Å². The normalized spacial score (nSPS) is 11.2. The number of carbonyl (C=O) groups excluding carboxylic acids is 5. The van der Waals surface area contributed by atoms with E-state index < -0.39 is 5.41 Å². The van der Waals surface area contributed by atoms with E-state index >= 15 is 0 Å². The Morgan fingerprint density at radius 2 is 0.713 bits per heavy atom. The molecule has 5 aromatic carbocycles. The van der Waals surface area contributed by atoms with Crippen LogP contribution in [-0.4, -0.2) is 29.5 Å². The van der Waals surface area contributed by atoms with E-state index in [1.807, 2.05) is 165 Å². The standard InChI is InChI=1S/C14H21NO.2C13H18BrNO.2C13H18FNO/c1-5-14(3,4)13(16)15-10-12-9-7-6-8-11(12)2;1-4-13(2,3)12(16)15-9-10-6-5-7-11(14)8-10;1-4-13(2,3)12(16)15-9-10-7-5-6-8-11(10)14;1-4-13(2,3)12(16)15-9-10-6-5-7-11(14)8-10;1-4-13(2,3)12(16)15-9-10-7-5-6-8-11(10)14/h6-9H,5,10H2,1-4H3,(H,15,16);4*5-8H,4,9H2,1-3H3,(H,15,16). The topological polar surface area (TPSA) is 146 Å². The fourth-order valence-electron chi connectivity index (χ4n) is 6.28. The first-order chi connectivity index (χ1) is 37.3. The third-order valence-electron chi connectivity index (χ3n) is 14.7. The van der Waals surface area contributed by atoms with E-state index in [1.54, 1.807) is 30.3 Å². The first kappa shape index (κ1) is 72.3. The Hall–Kier alpha value is -5.73. The Balaban J connectivity index is 0.000000500. The molecule has 80 heavy (non-hydrogen) atoms. The van der Waals surface area contributed by atoms with Crippen molar-refractivity contribution in [2.24, 2.45) is 27.1 Å². The molecule has 0 heterocycles. The summed E-state index contributed by atoms with van der Waals surface area (Å²) in [5.41, 5.74) is 4.29. The molecule has 0 atom stereocenters. The Morgan fingerprint density at radius 3 is 1.09 bits per heavy atom. The Bertz CT molecular complexity index is 2470. The second-order valence-electron chi connectivity index (χ2n) is 23.0. The van der Waals surface area contributed by atoms with E-state index in [4.69, 9.17) is 0 Å². The summed E-state index contributed by atoms with van der Waals surface area (Å²) in [4.78, 5) is 59.1. The van der Waals surface area contributed by atoms with Gasteiger partial charge < -0.3 is 26.6 Å². The zero-order valence-electron chi connectivity index (χ0n) is 50.7. The number of hydrogen-bond acceptors (Lipinski definition) is 5. The van der Waals surface area contributed by atoms with Crippen molar-refractivity contribution in [1.82, 2.24) is 26.6 Å². The predicted molar refractivity (Wildman–Crippen MR) is 332 cm³/mol. The van der Waals surface area contributed by atoms with Crippen LogP contribution in [0, 0.1) is 45.6 Å². The maximum absolute atomic E-state index is 13.3. The first-order valence-corrected chi connectivity index (χ1v) is 29.3. The van der Waals surface area contributed by atoms with Gasteiger partial charge in [0.15, 0.2) is 0 Å². The summed E-state index contributed by atoms with van der Waals surface area (Å²) in [6, 6.07) is 36.7. The van der Waals surface area contributed by atoms with Gasteiger partial charge in [-0.05, 0) is 103 Å². The summed E-state index contributed by atoms with van der Waals surface area (Å²) < 4.78 is 28.2. The van der Waals surface area contributed by atoms with Crippen molar-refractivity contribution in [2.75, 3.05) is 0 Å². The molecule has 5 rings (SSSR count). The summed E-state index contributed by atoms with van der Waals surface area (Å²) in [5, 5.41) is 14.5. The molecule has 0 fully saturated rings. The van der Waals surface area contributed by atoms with Crippen LogP contribution in [-0.2, 0) is 56.7 Å². The minimum absolute atomic E-state index is 0.000684. The number of benzene rings is 5. The van der Waals surface area contributed by atoms with Gasteiger partial charge in [0.05, 0.1) is 0 Å². The number of halogens is 4. The average molecular weight is 1230 g/mol. The largest absolute Gasteiger partial charge is 0.352 e. The number of amides is 5. The number of rotatable bonds is 20. The Morgan fingerprint density at radius 1 is 0.388 bits per heavy atom. The zero-order valence-corrected chi connectivity index (χ0v) is 53.8. The average Bonchev–Trinajstić information content (AvgIpc) is 3.43. The SMILES string of the molecule is CCC(C)(C)C(=O)NCc1cccc(Br)c1.CCC(C)(C)C(=O)NCc1cccc(F)c1.CCC(C)(C)C(=O)NCc1ccccc1Br.CCC(C)(C)C(=O)NCc1ccccc1C.CCC(C)(C)C(=O)NCc1ccccc1F. The monoisotopic (exact) mass is 1230 g/mol. The summed E-state index contributed by atoms with van der Waals surface area (Å²) in [6.07, 6.45) is 4.08. The van der Waals surface area contributed by atoms with Crippen molar-refractivity contribution in [1.29, 1.82) is 0 Å². The van der Waals surface area contributed by atoms with Crippen molar-refractivity contribution in [2.45, 2.75) is 176 Å². The molecule has 0 aromatic heterocycles. The van der Waals surface area contributed by atoms with Crippen LogP contribution in [0.4, 0.5) is 8.78 Å². The molecule has 0 bridgehead atoms. The fraction of sp³-hybridized carbons (Fsp3) is 0.470. The smallest absolute Gasteiger partial charge is 0.225 e. The highest BCUT2D eigenvalue weighted by molar-refractivity contribution is 9.10. The molecule has 0 spiro atoms. The lowest BCUT2D eigenvalue weighted by Gasteiger charge is -2.21. The van der Waals surface area contributed by atoms with Crippen LogP contribution in [0.1, 0.15) is 169 Å². The first-order valence-electron chi connectivity index (χ1n) is 27.7. The lowest BCUT2D eigenvalue weighted by atomic mass is 9.89. The van der Waals surface area contributed by atoms with E-state index in [9.17, 15) is 32.8 Å². The highest BCUT2D eigenvalue weighted by Crippen LogP contribution is 2.24. The highest BCUT2D eigenvalue weighted by atomic mass is 79.9. The lowest BCUT2D eigenvalue weighted by molar-refractivity contribution is -0.130. The van der Waals surface area contributed by atoms with E-state index in [0.717, 1.165) is 57.7 Å². The predicted octanol–water partition coefficient (Wildman–Crippen LogP) is 15.8. The highest BCUT2D eigenvalue weighted by Gasteiger charge is 2.28. The molecule has 5 aromatic rings. The van der Waals surface area contributed by atoms with E-state index in [0.29, 0.717) is 31.7 Å². The molecule has 0 radical (unpaired) electrons. The van der Waals surface area contributed by atoms with Crippen molar-refractivity contribution in [3.05, 3.63) is 175 Å². The summed E-state index contributed by atoms with van der Waals surface area (Å²) in [6.45, 7) is 33.8. The molecule has 5 amide bonds. The second kappa shape index (κ2) is 35.2. The molecular weight excluding hydrogens is 1140 g/mol. The van der Waals surface area contributed by atoms with Crippen LogP contribution in [0.15, 0.2) is 130 Å². The van der Waals surface area contributed by atoms with Gasteiger partial charge in [0.1, 0.15) is 11.6 Å². The molecular formula is C66H93Br2F2N5O5. The lowest BCUT2D eigenvalue weighted by Crippen LogP contribution is -2.36. The summed E-state index contributed by atoms with van der Waals surface area (Å²) >= 11 is 6.87. The van der Waals surface area contributed by atoms with Crippen molar-refractivity contribution < 1.29 is 32.8 Å². The maximum atomic E-state index is 13.3. The summed E-state index contributed by atoms with van der Waals surface area (Å²) in [7, 11) is 0. The number of aryl methyl sites for hydroxylation is 1. The molecule has 0 aliphatic carbocycles. The van der Waals surface area contributed by atoms with Crippen LogP contribution in [0.3, 0.4) is 0 Å². The molecule has 0 unspecified atom stereocenters. The second-order valence-corrected chi connectivity index (χ2v) is 24.7. The third kappa shape index (κ3) is 26.7. The Kier molecular flexibility index (Phi) is 31.8. The molecule has 440 valence electrons. The van der Waals surface area contributed by atoms with Crippen molar-refractivity contribution >= 4 is 61.4 Å². The number of carbonyl (C=O) groups is 5. The zero-order chi connectivity index (χ0) is 60.9. The molecule has 14 heteroatoms. The quantitative estimate of drug-likeness (QED) is 0.0527. The molecule has 0 aliphatic rings. The minimum Gasteiger partial charge on any atom is -0.352 e. The van der Waals surface area contributed by atoms with Gasteiger partial charge in [0.2, 0.25) is 29.5 Å². The molecule has 0 saturated carbocycles. The van der Waals surface area contributed by atoms with Gasteiger partial charge in [-0.15, -0.1) is 0 Å². The van der Waals surface area contributed by atoms with Crippen LogP contribution < -0.4 is 26.6 Å². The number of nitrogens with one attached hydrogen (secondary N) is 5. The molecule has 10 nitrogen and oxygen atoms in total. The van der Waals surface area contributed by atoms with Crippen LogP contribution in [0.5, 0.6) is 0 Å². The number of hydrogen-bond donors (Lipinski definition) is 5. The fourth-order valence-corrected chi connectivity index (χ4v) is 7.15. The van der Waals surface area contributed by atoms with E-state index in [-0.39, 0.29) is 69.4 Å². The molecule has 5 N–H and O–H groups in total.